The van der Waals surface area contributed by atoms with Crippen molar-refractivity contribution >= 4 is 0 Å². The molecule has 0 atom stereocenters. The molecule has 1 N–H and O–H groups in total. The zero-order chi connectivity index (χ0) is 17.9. The fraction of sp³-hybridized carbons (Fsp3) is 0.900. The topological polar surface area (TPSA) is 32.6 Å². The third-order valence-electron chi connectivity index (χ3n) is 4.50. The predicted octanol–water partition coefficient (Wildman–Crippen LogP) is 6.32. The molecule has 139 valence electrons. The molecule has 0 aromatic rings. The Morgan fingerprint density at radius 3 is 1.26 bits per heavy atom. The summed E-state index contributed by atoms with van der Waals surface area (Å²) in [6.07, 6.45) is 19.0. The van der Waals surface area contributed by atoms with Gasteiger partial charge in [-0.2, -0.15) is 25.7 Å². The molecule has 2 aliphatic rings. The molecule has 2 fully saturated rings. The average molecular weight is 493 g/mol. The largest absolute Gasteiger partial charge is 0.400 e. The van der Waals surface area contributed by atoms with Crippen LogP contribution in [0.1, 0.15) is 91.9 Å². The minimum Gasteiger partial charge on any atom is -0.400 e. The quantitative estimate of drug-likeness (QED) is 0.460. The molecule has 2 saturated carbocycles. The van der Waals surface area contributed by atoms with Gasteiger partial charge in [0.05, 0.1) is 0 Å². The van der Waals surface area contributed by atoms with E-state index in [2.05, 4.69) is 43.9 Å². The van der Waals surface area contributed by atoms with Gasteiger partial charge in [-0.3, -0.25) is 0 Å². The van der Waals surface area contributed by atoms with Crippen molar-refractivity contribution in [2.24, 2.45) is 15.2 Å². The molecule has 0 aromatic heterocycles. The number of rotatable bonds is 3. The normalized spacial score (nSPS) is 18.5. The number of aliphatic hydroxyl groups excluding tert-OH is 1. The SMILES string of the molecule is CC(C)[N]=[Ta].CCC1CC[CH-]CC1.CCC1CC[CH-]CC1.CO. The van der Waals surface area contributed by atoms with Crippen LogP contribution >= 0.6 is 0 Å². The summed E-state index contributed by atoms with van der Waals surface area (Å²) < 4.78 is 4.00. The molecule has 2 nitrogen and oxygen atoms in total. The number of aliphatic hydroxyl groups is 1. The summed E-state index contributed by atoms with van der Waals surface area (Å²) in [6.45, 7) is 8.77. The Bertz CT molecular complexity index is 204. The van der Waals surface area contributed by atoms with E-state index < -0.39 is 0 Å². The number of hydrogen-bond acceptors (Lipinski definition) is 2. The molecule has 2 aliphatic carbocycles. The van der Waals surface area contributed by atoms with Crippen LogP contribution < -0.4 is 0 Å². The van der Waals surface area contributed by atoms with Crippen molar-refractivity contribution in [2.45, 2.75) is 97.9 Å². The van der Waals surface area contributed by atoms with E-state index in [1.807, 2.05) is 0 Å². The molecule has 3 heteroatoms. The van der Waals surface area contributed by atoms with Crippen LogP contribution in [0.4, 0.5) is 0 Å². The molecule has 0 saturated heterocycles. The third kappa shape index (κ3) is 18.7. The standard InChI is InChI=1S/2C8H15.C3H7N.CH4O.Ta/c2*1-2-8-6-4-3-5-7-8;1-3(2)4;1-2;/h2*3,8H,2,4-7H2,1H3;3H,1-2H3;2H,1H3;/q2*-1;;;. The molecule has 0 bridgehead atoms. The Morgan fingerprint density at radius 2 is 1.13 bits per heavy atom. The first-order valence-electron chi connectivity index (χ1n) is 9.56. The van der Waals surface area contributed by atoms with Gasteiger partial charge in [0.15, 0.2) is 0 Å². The van der Waals surface area contributed by atoms with Crippen LogP contribution in [0.2, 0.25) is 0 Å². The number of hydrogen-bond donors (Lipinski definition) is 1. The van der Waals surface area contributed by atoms with Crippen molar-refractivity contribution in [3.8, 4) is 0 Å². The Labute approximate surface area is 159 Å². The van der Waals surface area contributed by atoms with E-state index in [1.165, 1.54) is 64.2 Å². The van der Waals surface area contributed by atoms with Gasteiger partial charge in [-0.25, -0.2) is 0 Å². The van der Waals surface area contributed by atoms with E-state index in [9.17, 15) is 0 Å². The minimum atomic E-state index is 0.559. The molecule has 23 heavy (non-hydrogen) atoms. The Hall–Kier alpha value is 0.500. The summed E-state index contributed by atoms with van der Waals surface area (Å²) in [5.74, 6) is 2.11. The van der Waals surface area contributed by atoms with Crippen molar-refractivity contribution in [1.29, 1.82) is 0 Å². The van der Waals surface area contributed by atoms with Gasteiger partial charge < -0.3 is 17.9 Å². The van der Waals surface area contributed by atoms with Gasteiger partial charge in [-0.05, 0) is 11.8 Å². The maximum atomic E-state index is 7.00. The Kier molecular flexibility index (Phi) is 23.0. The van der Waals surface area contributed by atoms with Crippen LogP contribution in [-0.4, -0.2) is 18.3 Å². The third-order valence-corrected chi connectivity index (χ3v) is 6.16. The summed E-state index contributed by atoms with van der Waals surface area (Å²) in [7, 11) is 1.00. The predicted molar refractivity (Wildman–Crippen MR) is 98.8 cm³/mol. The van der Waals surface area contributed by atoms with Gasteiger partial charge >= 0.3 is 44.1 Å². The Morgan fingerprint density at radius 1 is 0.870 bits per heavy atom. The average Bonchev–Trinajstić information content (AvgIpc) is 2.65. The molecular weight excluding hydrogens is 451 g/mol. The van der Waals surface area contributed by atoms with E-state index in [0.29, 0.717) is 6.04 Å². The van der Waals surface area contributed by atoms with Crippen LogP contribution in [0.25, 0.3) is 0 Å². The summed E-state index contributed by atoms with van der Waals surface area (Å²) in [5.41, 5.74) is 0. The molecule has 0 amide bonds. The van der Waals surface area contributed by atoms with Gasteiger partial charge in [-0.1, -0.05) is 52.4 Å². The second kappa shape index (κ2) is 20.5. The Balaban J connectivity index is 0. The number of nitrogens with zero attached hydrogens (tertiary/aromatic N) is 1. The van der Waals surface area contributed by atoms with Crippen LogP contribution in [-0.2, 0) is 20.9 Å². The molecule has 0 unspecified atom stereocenters. The second-order valence-corrected chi connectivity index (χ2v) is 7.47. The van der Waals surface area contributed by atoms with E-state index >= 15 is 0 Å². The molecule has 0 aromatic carbocycles. The fourth-order valence-corrected chi connectivity index (χ4v) is 2.81. The molecule has 0 heterocycles. The maximum Gasteiger partial charge on any atom is 0.0319 e. The molecule has 2 rings (SSSR count). The minimum absolute atomic E-state index is 0.559. The first kappa shape index (κ1) is 25.7. The smallest absolute Gasteiger partial charge is 0.0319 e. The van der Waals surface area contributed by atoms with Gasteiger partial charge in [0.2, 0.25) is 0 Å². The zero-order valence-corrected chi connectivity index (χ0v) is 19.5. The zero-order valence-electron chi connectivity index (χ0n) is 16.3. The van der Waals surface area contributed by atoms with Gasteiger partial charge in [0, 0.05) is 7.11 Å². The van der Waals surface area contributed by atoms with Gasteiger partial charge in [-0.15, -0.1) is 0 Å². The van der Waals surface area contributed by atoms with E-state index in [-0.39, 0.29) is 0 Å². The maximum absolute atomic E-state index is 7.00. The fourth-order valence-electron chi connectivity index (χ4n) is 2.81. The van der Waals surface area contributed by atoms with E-state index in [4.69, 9.17) is 5.11 Å². The van der Waals surface area contributed by atoms with Crippen LogP contribution in [0.5, 0.6) is 0 Å². The van der Waals surface area contributed by atoms with Crippen molar-refractivity contribution in [1.82, 2.24) is 0 Å². The van der Waals surface area contributed by atoms with Crippen molar-refractivity contribution < 1.29 is 26.0 Å². The van der Waals surface area contributed by atoms with Crippen molar-refractivity contribution in [3.63, 3.8) is 0 Å². The monoisotopic (exact) mass is 492 g/mol. The molecule has 0 aliphatic heterocycles. The molecule has 0 spiro atoms. The summed E-state index contributed by atoms with van der Waals surface area (Å²) in [5, 5.41) is 7.00. The van der Waals surface area contributed by atoms with Crippen LogP contribution in [0, 0.1) is 24.7 Å². The first-order chi connectivity index (χ1) is 11.1. The summed E-state index contributed by atoms with van der Waals surface area (Å²) in [4.78, 5) is 0. The van der Waals surface area contributed by atoms with E-state index in [0.717, 1.165) is 39.8 Å². The van der Waals surface area contributed by atoms with Gasteiger partial charge in [0.1, 0.15) is 0 Å². The first-order valence-corrected chi connectivity index (χ1v) is 11.0. The van der Waals surface area contributed by atoms with Crippen molar-refractivity contribution in [3.05, 3.63) is 12.8 Å². The molecular formula is C20H41NOTa-2. The van der Waals surface area contributed by atoms with Crippen molar-refractivity contribution in [2.75, 3.05) is 7.11 Å². The van der Waals surface area contributed by atoms with Crippen LogP contribution in [0.3, 0.4) is 0 Å². The summed E-state index contributed by atoms with van der Waals surface area (Å²) in [6, 6.07) is 0.559. The summed E-state index contributed by atoms with van der Waals surface area (Å²) >= 11 is 1.16. The molecule has 0 radical (unpaired) electrons. The van der Waals surface area contributed by atoms with E-state index in [1.54, 1.807) is 0 Å². The van der Waals surface area contributed by atoms with Crippen LogP contribution in [0.15, 0.2) is 3.34 Å². The second-order valence-electron chi connectivity index (χ2n) is 6.64. The van der Waals surface area contributed by atoms with Gasteiger partial charge in [0.25, 0.3) is 0 Å².